The van der Waals surface area contributed by atoms with Crippen LogP contribution in [0.25, 0.3) is 33.5 Å². The Hall–Kier alpha value is -3.60. The Kier molecular flexibility index (Phi) is 4.80. The van der Waals surface area contributed by atoms with E-state index >= 15 is 0 Å². The van der Waals surface area contributed by atoms with Crippen molar-refractivity contribution in [2.75, 3.05) is 0 Å². The standard InChI is InChI=1S/C24H16F3NO/c25-24(26,27)23(29)21-15-20(18-9-5-2-6-10-18)22(28-21)19-13-11-17(12-14-19)16-7-3-1-4-8-16/h1-15,28H. The van der Waals surface area contributed by atoms with Crippen molar-refractivity contribution < 1.29 is 18.0 Å². The maximum Gasteiger partial charge on any atom is 0.456 e. The first kappa shape index (κ1) is 18.7. The molecule has 144 valence electrons. The summed E-state index contributed by atoms with van der Waals surface area (Å²) < 4.78 is 38.9. The van der Waals surface area contributed by atoms with E-state index < -0.39 is 17.7 Å². The Morgan fingerprint density at radius 2 is 1.14 bits per heavy atom. The lowest BCUT2D eigenvalue weighted by Gasteiger charge is -2.07. The normalized spacial score (nSPS) is 11.4. The molecule has 4 rings (SSSR count). The van der Waals surface area contributed by atoms with Gasteiger partial charge in [0.15, 0.2) is 0 Å². The minimum atomic E-state index is -4.94. The van der Waals surface area contributed by atoms with Crippen molar-refractivity contribution in [3.63, 3.8) is 0 Å². The minimum absolute atomic E-state index is 0.474. The van der Waals surface area contributed by atoms with Crippen LogP contribution in [0.15, 0.2) is 91.0 Å². The van der Waals surface area contributed by atoms with Gasteiger partial charge in [0.25, 0.3) is 5.78 Å². The van der Waals surface area contributed by atoms with Crippen LogP contribution < -0.4 is 0 Å². The third kappa shape index (κ3) is 3.85. The molecule has 1 aromatic heterocycles. The number of rotatable bonds is 4. The highest BCUT2D eigenvalue weighted by Crippen LogP contribution is 2.35. The summed E-state index contributed by atoms with van der Waals surface area (Å²) in [5, 5.41) is 0. The number of Topliss-reactive ketones (excluding diaryl/α,β-unsaturated/α-hetero) is 1. The fourth-order valence-corrected chi connectivity index (χ4v) is 3.26. The second-order valence-electron chi connectivity index (χ2n) is 6.61. The van der Waals surface area contributed by atoms with Crippen LogP contribution in [0.4, 0.5) is 13.2 Å². The molecule has 29 heavy (non-hydrogen) atoms. The SMILES string of the molecule is O=C(c1cc(-c2ccccc2)c(-c2ccc(-c3ccccc3)cc2)[nH]1)C(F)(F)F. The number of hydrogen-bond acceptors (Lipinski definition) is 1. The van der Waals surface area contributed by atoms with Crippen LogP contribution in [0.2, 0.25) is 0 Å². The monoisotopic (exact) mass is 391 g/mol. The van der Waals surface area contributed by atoms with Crippen molar-refractivity contribution in [2.24, 2.45) is 0 Å². The second-order valence-corrected chi connectivity index (χ2v) is 6.61. The van der Waals surface area contributed by atoms with E-state index in [9.17, 15) is 18.0 Å². The third-order valence-electron chi connectivity index (χ3n) is 4.69. The van der Waals surface area contributed by atoms with Crippen molar-refractivity contribution in [3.05, 3.63) is 96.7 Å². The Morgan fingerprint density at radius 3 is 1.69 bits per heavy atom. The van der Waals surface area contributed by atoms with Crippen LogP contribution in [-0.2, 0) is 0 Å². The Labute approximate surface area is 165 Å². The van der Waals surface area contributed by atoms with E-state index in [-0.39, 0.29) is 0 Å². The summed E-state index contributed by atoms with van der Waals surface area (Å²) in [5.74, 6) is -1.89. The zero-order chi connectivity index (χ0) is 20.4. The molecule has 0 aliphatic carbocycles. The summed E-state index contributed by atoms with van der Waals surface area (Å²) in [4.78, 5) is 14.5. The van der Waals surface area contributed by atoms with Gasteiger partial charge in [-0.1, -0.05) is 84.9 Å². The molecule has 0 unspecified atom stereocenters. The Bertz CT molecular complexity index is 1130. The summed E-state index contributed by atoms with van der Waals surface area (Å²) in [7, 11) is 0. The molecule has 0 amide bonds. The smallest absolute Gasteiger partial charge is 0.351 e. The molecule has 0 saturated heterocycles. The predicted octanol–water partition coefficient (Wildman–Crippen LogP) is 6.76. The number of benzene rings is 3. The number of aromatic amines is 1. The van der Waals surface area contributed by atoms with Gasteiger partial charge in [-0.15, -0.1) is 0 Å². The van der Waals surface area contributed by atoms with Crippen molar-refractivity contribution >= 4 is 5.78 Å². The van der Waals surface area contributed by atoms with Gasteiger partial charge in [-0.2, -0.15) is 13.2 Å². The zero-order valence-corrected chi connectivity index (χ0v) is 15.2. The summed E-state index contributed by atoms with van der Waals surface area (Å²) in [6.07, 6.45) is -4.94. The van der Waals surface area contributed by atoms with Gasteiger partial charge in [0, 0.05) is 5.56 Å². The molecular weight excluding hydrogens is 375 g/mol. The van der Waals surface area contributed by atoms with E-state index in [1.165, 1.54) is 6.07 Å². The van der Waals surface area contributed by atoms with Gasteiger partial charge < -0.3 is 4.98 Å². The molecule has 5 heteroatoms. The molecule has 0 aliphatic heterocycles. The van der Waals surface area contributed by atoms with Gasteiger partial charge in [0.05, 0.1) is 11.4 Å². The summed E-state index contributed by atoms with van der Waals surface area (Å²) in [5.41, 5.74) is 4.01. The number of carbonyl (C=O) groups excluding carboxylic acids is 1. The van der Waals surface area contributed by atoms with E-state index in [1.54, 1.807) is 24.3 Å². The van der Waals surface area contributed by atoms with Crippen molar-refractivity contribution in [3.8, 4) is 33.5 Å². The van der Waals surface area contributed by atoms with Crippen LogP contribution in [-0.4, -0.2) is 16.9 Å². The number of halogens is 3. The first-order valence-electron chi connectivity index (χ1n) is 8.99. The molecule has 2 nitrogen and oxygen atoms in total. The second kappa shape index (κ2) is 7.43. The lowest BCUT2D eigenvalue weighted by molar-refractivity contribution is -0.0887. The highest BCUT2D eigenvalue weighted by molar-refractivity contribution is 6.01. The number of carbonyl (C=O) groups is 1. The molecule has 0 radical (unpaired) electrons. The highest BCUT2D eigenvalue weighted by Gasteiger charge is 2.40. The molecule has 0 bridgehead atoms. The molecule has 1 heterocycles. The number of aromatic nitrogens is 1. The number of hydrogen-bond donors (Lipinski definition) is 1. The van der Waals surface area contributed by atoms with E-state index in [4.69, 9.17) is 0 Å². The minimum Gasteiger partial charge on any atom is -0.351 e. The fourth-order valence-electron chi connectivity index (χ4n) is 3.26. The molecule has 0 saturated carbocycles. The van der Waals surface area contributed by atoms with Crippen LogP contribution in [0, 0.1) is 0 Å². The number of ketones is 1. The topological polar surface area (TPSA) is 32.9 Å². The van der Waals surface area contributed by atoms with E-state index in [1.807, 2.05) is 60.7 Å². The maximum absolute atomic E-state index is 13.0. The average Bonchev–Trinajstić information content (AvgIpc) is 3.19. The van der Waals surface area contributed by atoms with E-state index in [0.717, 1.165) is 16.7 Å². The average molecular weight is 391 g/mol. The molecule has 0 fully saturated rings. The fraction of sp³-hybridized carbons (Fsp3) is 0.0417. The quantitative estimate of drug-likeness (QED) is 0.383. The number of nitrogens with one attached hydrogen (secondary N) is 1. The molecule has 0 atom stereocenters. The first-order chi connectivity index (χ1) is 13.9. The predicted molar refractivity (Wildman–Crippen MR) is 107 cm³/mol. The summed E-state index contributed by atoms with van der Waals surface area (Å²) in [6, 6.07) is 27.6. The van der Waals surface area contributed by atoms with Gasteiger partial charge in [0.2, 0.25) is 0 Å². The maximum atomic E-state index is 13.0. The first-order valence-corrected chi connectivity index (χ1v) is 8.99. The van der Waals surface area contributed by atoms with Crippen molar-refractivity contribution in [1.29, 1.82) is 0 Å². The van der Waals surface area contributed by atoms with Crippen LogP contribution >= 0.6 is 0 Å². The van der Waals surface area contributed by atoms with E-state index in [2.05, 4.69) is 4.98 Å². The van der Waals surface area contributed by atoms with Crippen LogP contribution in [0.3, 0.4) is 0 Å². The molecule has 3 aromatic carbocycles. The number of H-pyrrole nitrogens is 1. The highest BCUT2D eigenvalue weighted by atomic mass is 19.4. The van der Waals surface area contributed by atoms with Gasteiger partial charge in [-0.05, 0) is 28.3 Å². The lowest BCUT2D eigenvalue weighted by atomic mass is 9.99. The zero-order valence-electron chi connectivity index (χ0n) is 15.2. The number of alkyl halides is 3. The molecule has 1 N–H and O–H groups in total. The molecular formula is C24H16F3NO. The van der Waals surface area contributed by atoms with Crippen molar-refractivity contribution in [1.82, 2.24) is 4.98 Å². The largest absolute Gasteiger partial charge is 0.456 e. The lowest BCUT2D eigenvalue weighted by Crippen LogP contribution is -2.22. The summed E-state index contributed by atoms with van der Waals surface area (Å²) >= 11 is 0. The Balaban J connectivity index is 1.80. The summed E-state index contributed by atoms with van der Waals surface area (Å²) in [6.45, 7) is 0. The van der Waals surface area contributed by atoms with Gasteiger partial charge in [0.1, 0.15) is 0 Å². The third-order valence-corrected chi connectivity index (χ3v) is 4.69. The Morgan fingerprint density at radius 1 is 0.655 bits per heavy atom. The van der Waals surface area contributed by atoms with Gasteiger partial charge in [-0.25, -0.2) is 0 Å². The van der Waals surface area contributed by atoms with Crippen molar-refractivity contribution in [2.45, 2.75) is 6.18 Å². The van der Waals surface area contributed by atoms with Gasteiger partial charge >= 0.3 is 6.18 Å². The molecule has 0 aliphatic rings. The molecule has 4 aromatic rings. The van der Waals surface area contributed by atoms with Gasteiger partial charge in [-0.3, -0.25) is 4.79 Å². The molecule has 0 spiro atoms. The van der Waals surface area contributed by atoms with Crippen LogP contribution in [0.5, 0.6) is 0 Å². The van der Waals surface area contributed by atoms with Crippen LogP contribution in [0.1, 0.15) is 10.5 Å². The van der Waals surface area contributed by atoms with E-state index in [0.29, 0.717) is 16.8 Å².